The lowest BCUT2D eigenvalue weighted by atomic mass is 9.92. The predicted octanol–water partition coefficient (Wildman–Crippen LogP) is 4.95. The third kappa shape index (κ3) is 5.66. The summed E-state index contributed by atoms with van der Waals surface area (Å²) in [5.74, 6) is 1.39. The Kier molecular flexibility index (Phi) is 6.84. The van der Waals surface area contributed by atoms with Gasteiger partial charge in [-0.1, -0.05) is 39.0 Å². The number of pyridine rings is 1. The first-order valence-electron chi connectivity index (χ1n) is 13.8. The van der Waals surface area contributed by atoms with E-state index in [1.165, 1.54) is 11.1 Å². The molecule has 3 aliphatic rings. The summed E-state index contributed by atoms with van der Waals surface area (Å²) in [6.07, 6.45) is 6.38. The highest BCUT2D eigenvalue weighted by Gasteiger charge is 2.58. The first-order valence-corrected chi connectivity index (χ1v) is 13.8. The van der Waals surface area contributed by atoms with E-state index in [-0.39, 0.29) is 28.9 Å². The maximum absolute atomic E-state index is 12.8. The SMILES string of the molecule is CCNC(=O)c1cnc(NC23C=CC4=C(CN(C(=O)OC(C)(C)C)C4)C2C3)nc1Nc1cccc(C(C)(C)C)n1. The number of hydrogen-bond donors (Lipinski definition) is 3. The molecule has 2 atom stereocenters. The molecule has 0 aromatic carbocycles. The number of carbonyl (C=O) groups excluding carboxylic acids is 2. The van der Waals surface area contributed by atoms with Gasteiger partial charge in [-0.15, -0.1) is 0 Å². The van der Waals surface area contributed by atoms with Crippen LogP contribution in [0.15, 0.2) is 47.7 Å². The molecule has 2 aromatic heterocycles. The van der Waals surface area contributed by atoms with Gasteiger partial charge in [-0.25, -0.2) is 14.8 Å². The van der Waals surface area contributed by atoms with Crippen molar-refractivity contribution in [3.05, 3.63) is 59.0 Å². The zero-order chi connectivity index (χ0) is 28.9. The number of aromatic nitrogens is 3. The van der Waals surface area contributed by atoms with Gasteiger partial charge in [0.05, 0.1) is 5.54 Å². The van der Waals surface area contributed by atoms with Gasteiger partial charge in [-0.2, -0.15) is 4.98 Å². The third-order valence-electron chi connectivity index (χ3n) is 7.27. The van der Waals surface area contributed by atoms with Crippen molar-refractivity contribution in [1.82, 2.24) is 25.2 Å². The summed E-state index contributed by atoms with van der Waals surface area (Å²) in [7, 11) is 0. The lowest BCUT2D eigenvalue weighted by Gasteiger charge is -2.24. The number of amides is 2. The van der Waals surface area contributed by atoms with Crippen molar-refractivity contribution in [3.63, 3.8) is 0 Å². The third-order valence-corrected chi connectivity index (χ3v) is 7.27. The number of anilines is 3. The second-order valence-corrected chi connectivity index (χ2v) is 12.7. The van der Waals surface area contributed by atoms with Crippen molar-refractivity contribution in [2.75, 3.05) is 30.3 Å². The standard InChI is InChI=1S/C30H39N7O3/c1-8-31-25(38)19-15-32-26(35-24(19)34-23-11-9-10-22(33-23)28(2,3)4)36-30-13-12-18-16-37(17-20(18)21(30)14-30)27(39)40-29(5,6)7/h9-13,15,21H,8,14,16-17H2,1-7H3,(H,31,38)(H2,32,33,34,35,36). The first kappa shape index (κ1) is 27.6. The molecule has 3 N–H and O–H groups in total. The molecule has 5 rings (SSSR count). The van der Waals surface area contributed by atoms with E-state index < -0.39 is 5.60 Å². The molecule has 2 amide bonds. The van der Waals surface area contributed by atoms with Crippen LogP contribution in [0.2, 0.25) is 0 Å². The smallest absolute Gasteiger partial charge is 0.410 e. The Bertz CT molecular complexity index is 1400. The van der Waals surface area contributed by atoms with Gasteiger partial charge in [0.25, 0.3) is 5.91 Å². The molecule has 10 heteroatoms. The fourth-order valence-corrected chi connectivity index (χ4v) is 5.16. The second kappa shape index (κ2) is 9.91. The number of nitrogens with one attached hydrogen (secondary N) is 3. The van der Waals surface area contributed by atoms with E-state index in [1.54, 1.807) is 11.1 Å². The van der Waals surface area contributed by atoms with E-state index in [0.717, 1.165) is 12.1 Å². The summed E-state index contributed by atoms with van der Waals surface area (Å²) in [5.41, 5.74) is 2.71. The molecule has 2 aromatic rings. The molecule has 0 saturated heterocycles. The predicted molar refractivity (Wildman–Crippen MR) is 155 cm³/mol. The van der Waals surface area contributed by atoms with Crippen LogP contribution in [0.5, 0.6) is 0 Å². The molecule has 2 aliphatic carbocycles. The molecule has 2 unspecified atom stereocenters. The minimum absolute atomic E-state index is 0.126. The number of ether oxygens (including phenoxy) is 1. The van der Waals surface area contributed by atoms with Crippen molar-refractivity contribution < 1.29 is 14.3 Å². The summed E-state index contributed by atoms with van der Waals surface area (Å²) < 4.78 is 5.59. The van der Waals surface area contributed by atoms with Gasteiger partial charge < -0.3 is 20.7 Å². The van der Waals surface area contributed by atoms with Crippen LogP contribution in [0.25, 0.3) is 0 Å². The van der Waals surface area contributed by atoms with Gasteiger partial charge in [0, 0.05) is 42.9 Å². The van der Waals surface area contributed by atoms with Crippen LogP contribution in [0.3, 0.4) is 0 Å². The second-order valence-electron chi connectivity index (χ2n) is 12.7. The summed E-state index contributed by atoms with van der Waals surface area (Å²) in [4.78, 5) is 41.2. The Morgan fingerprint density at radius 3 is 2.60 bits per heavy atom. The molecule has 3 heterocycles. The van der Waals surface area contributed by atoms with Crippen molar-refractivity contribution >= 4 is 29.6 Å². The van der Waals surface area contributed by atoms with Gasteiger partial charge in [-0.3, -0.25) is 9.69 Å². The Morgan fingerprint density at radius 2 is 1.90 bits per heavy atom. The Morgan fingerprint density at radius 1 is 1.12 bits per heavy atom. The van der Waals surface area contributed by atoms with E-state index in [1.807, 2.05) is 45.9 Å². The fourth-order valence-electron chi connectivity index (χ4n) is 5.16. The Hall–Kier alpha value is -3.95. The van der Waals surface area contributed by atoms with E-state index in [9.17, 15) is 9.59 Å². The maximum Gasteiger partial charge on any atom is 0.410 e. The molecular weight excluding hydrogens is 506 g/mol. The zero-order valence-corrected chi connectivity index (χ0v) is 24.4. The quantitative estimate of drug-likeness (QED) is 0.466. The highest BCUT2D eigenvalue weighted by Crippen LogP contribution is 2.56. The topological polar surface area (TPSA) is 121 Å². The summed E-state index contributed by atoms with van der Waals surface area (Å²) >= 11 is 0. The van der Waals surface area contributed by atoms with E-state index in [2.05, 4.69) is 53.9 Å². The van der Waals surface area contributed by atoms with Gasteiger partial charge in [0.2, 0.25) is 5.95 Å². The van der Waals surface area contributed by atoms with Gasteiger partial charge in [0.15, 0.2) is 0 Å². The lowest BCUT2D eigenvalue weighted by molar-refractivity contribution is 0.0299. The van der Waals surface area contributed by atoms with Gasteiger partial charge in [-0.05, 0) is 57.4 Å². The molecule has 10 nitrogen and oxygen atoms in total. The van der Waals surface area contributed by atoms with Crippen molar-refractivity contribution in [2.45, 2.75) is 71.4 Å². The van der Waals surface area contributed by atoms with Gasteiger partial charge in [0.1, 0.15) is 22.8 Å². The van der Waals surface area contributed by atoms with E-state index >= 15 is 0 Å². The average Bonchev–Trinajstić information content (AvgIpc) is 3.41. The van der Waals surface area contributed by atoms with Crippen LogP contribution in [-0.4, -0.2) is 62.6 Å². The van der Waals surface area contributed by atoms with Gasteiger partial charge >= 0.3 is 6.09 Å². The molecule has 0 radical (unpaired) electrons. The largest absolute Gasteiger partial charge is 0.444 e. The minimum atomic E-state index is -0.534. The summed E-state index contributed by atoms with van der Waals surface area (Å²) in [6.45, 7) is 15.4. The molecule has 0 bridgehead atoms. The van der Waals surface area contributed by atoms with Crippen LogP contribution >= 0.6 is 0 Å². The van der Waals surface area contributed by atoms with Crippen LogP contribution < -0.4 is 16.0 Å². The monoisotopic (exact) mass is 545 g/mol. The molecule has 40 heavy (non-hydrogen) atoms. The first-order chi connectivity index (χ1) is 18.8. The van der Waals surface area contributed by atoms with Crippen LogP contribution in [0.1, 0.15) is 70.9 Å². The summed E-state index contributed by atoms with van der Waals surface area (Å²) in [6, 6.07) is 5.78. The minimum Gasteiger partial charge on any atom is -0.444 e. The van der Waals surface area contributed by atoms with Crippen molar-refractivity contribution in [3.8, 4) is 0 Å². The number of fused-ring (bicyclic) bond motifs is 2. The van der Waals surface area contributed by atoms with Crippen LogP contribution in [0.4, 0.5) is 22.4 Å². The van der Waals surface area contributed by atoms with Crippen molar-refractivity contribution in [2.24, 2.45) is 5.92 Å². The average molecular weight is 546 g/mol. The lowest BCUT2D eigenvalue weighted by Crippen LogP contribution is -2.36. The fraction of sp³-hybridized carbons (Fsp3) is 0.500. The Balaban J connectivity index is 1.35. The molecule has 0 spiro atoms. The highest BCUT2D eigenvalue weighted by atomic mass is 16.6. The van der Waals surface area contributed by atoms with Crippen LogP contribution in [0, 0.1) is 5.92 Å². The number of nitrogens with zero attached hydrogens (tertiary/aromatic N) is 4. The molecule has 212 valence electrons. The van der Waals surface area contributed by atoms with Crippen LogP contribution in [-0.2, 0) is 10.2 Å². The molecule has 1 aliphatic heterocycles. The Labute approximate surface area is 235 Å². The molecular formula is C30H39N7O3. The molecule has 1 saturated carbocycles. The van der Waals surface area contributed by atoms with E-state index in [0.29, 0.717) is 42.8 Å². The number of rotatable bonds is 6. The number of hydrogen-bond acceptors (Lipinski definition) is 8. The van der Waals surface area contributed by atoms with Crippen molar-refractivity contribution in [1.29, 1.82) is 0 Å². The normalized spacial score (nSPS) is 21.5. The van der Waals surface area contributed by atoms with E-state index in [4.69, 9.17) is 14.7 Å². The molecule has 1 fully saturated rings. The summed E-state index contributed by atoms with van der Waals surface area (Å²) in [5, 5.41) is 9.60. The number of carbonyl (C=O) groups is 2. The zero-order valence-electron chi connectivity index (χ0n) is 24.4. The maximum atomic E-state index is 12.8. The highest BCUT2D eigenvalue weighted by molar-refractivity contribution is 5.99.